The number of halogens is 2. The van der Waals surface area contributed by atoms with Crippen molar-refractivity contribution in [3.8, 4) is 11.1 Å². The monoisotopic (exact) mass is 428 g/mol. The lowest BCUT2D eigenvalue weighted by atomic mass is 10.0. The van der Waals surface area contributed by atoms with E-state index in [1.54, 1.807) is 24.3 Å². The lowest BCUT2D eigenvalue weighted by Gasteiger charge is -2.11. The molecule has 31 heavy (non-hydrogen) atoms. The van der Waals surface area contributed by atoms with Gasteiger partial charge in [-0.1, -0.05) is 72.3 Å². The van der Waals surface area contributed by atoms with E-state index in [9.17, 15) is 9.18 Å². The zero-order chi connectivity index (χ0) is 21.5. The molecule has 0 bridgehead atoms. The van der Waals surface area contributed by atoms with E-state index in [2.05, 4.69) is 6.07 Å². The highest BCUT2D eigenvalue weighted by Crippen LogP contribution is 2.35. The Hall–Kier alpha value is -3.63. The number of carbonyl (C=O) groups excluding carboxylic acids is 1. The number of fused-ring (bicyclic) bond motifs is 3. The van der Waals surface area contributed by atoms with E-state index in [0.717, 1.165) is 32.9 Å². The molecule has 0 unspecified atom stereocenters. The van der Waals surface area contributed by atoms with Crippen molar-refractivity contribution >= 4 is 39.3 Å². The van der Waals surface area contributed by atoms with E-state index in [0.29, 0.717) is 11.1 Å². The van der Waals surface area contributed by atoms with Gasteiger partial charge in [0.2, 0.25) is 5.91 Å². The molecule has 0 spiro atoms. The molecule has 1 aromatic heterocycles. The fourth-order valence-electron chi connectivity index (χ4n) is 4.17. The van der Waals surface area contributed by atoms with Crippen LogP contribution in [0.1, 0.15) is 15.9 Å². The molecule has 0 atom stereocenters. The van der Waals surface area contributed by atoms with Crippen molar-refractivity contribution in [3.63, 3.8) is 0 Å². The predicted molar refractivity (Wildman–Crippen MR) is 124 cm³/mol. The van der Waals surface area contributed by atoms with Gasteiger partial charge < -0.3 is 10.3 Å². The fraction of sp³-hybridized carbons (Fsp3) is 0.0385. The van der Waals surface area contributed by atoms with Gasteiger partial charge in [-0.25, -0.2) is 4.39 Å². The summed E-state index contributed by atoms with van der Waals surface area (Å²) in [6, 6.07) is 26.6. The summed E-state index contributed by atoms with van der Waals surface area (Å²) in [4.78, 5) is 12.1. The van der Waals surface area contributed by atoms with E-state index in [-0.39, 0.29) is 11.6 Å². The zero-order valence-corrected chi connectivity index (χ0v) is 17.2. The lowest BCUT2D eigenvalue weighted by molar-refractivity contribution is 0.100. The van der Waals surface area contributed by atoms with Crippen LogP contribution in [0, 0.1) is 5.82 Å². The van der Waals surface area contributed by atoms with Crippen molar-refractivity contribution in [2.75, 3.05) is 0 Å². The van der Waals surface area contributed by atoms with Gasteiger partial charge in [0.1, 0.15) is 5.82 Å². The maximum Gasteiger partial charge on any atom is 0.249 e. The Bertz CT molecular complexity index is 1460. The van der Waals surface area contributed by atoms with Crippen LogP contribution in [0.3, 0.4) is 0 Å². The largest absolute Gasteiger partial charge is 0.366 e. The number of benzene rings is 4. The molecule has 0 saturated heterocycles. The van der Waals surface area contributed by atoms with Crippen molar-refractivity contribution < 1.29 is 9.18 Å². The van der Waals surface area contributed by atoms with Gasteiger partial charge in [0.25, 0.3) is 0 Å². The molecule has 0 aliphatic carbocycles. The minimum absolute atomic E-state index is 0.0843. The van der Waals surface area contributed by atoms with Gasteiger partial charge in [-0.05, 0) is 35.4 Å². The van der Waals surface area contributed by atoms with Crippen molar-refractivity contribution in [2.24, 2.45) is 5.73 Å². The van der Waals surface area contributed by atoms with Crippen LogP contribution in [-0.4, -0.2) is 10.5 Å². The number of carbonyl (C=O) groups is 1. The van der Waals surface area contributed by atoms with Gasteiger partial charge in [-0.2, -0.15) is 0 Å². The molecule has 1 heterocycles. The Kier molecular flexibility index (Phi) is 4.72. The molecule has 152 valence electrons. The number of nitrogens with zero attached hydrogens (tertiary/aromatic N) is 1. The molecular formula is C26H18ClFN2O. The highest BCUT2D eigenvalue weighted by Gasteiger charge is 2.18. The Morgan fingerprint density at radius 2 is 1.65 bits per heavy atom. The molecule has 3 nitrogen and oxygen atoms in total. The van der Waals surface area contributed by atoms with Crippen LogP contribution in [0.5, 0.6) is 0 Å². The third kappa shape index (κ3) is 3.25. The minimum atomic E-state index is -0.495. The maximum atomic E-state index is 14.7. The molecule has 1 amide bonds. The summed E-state index contributed by atoms with van der Waals surface area (Å²) in [6.45, 7) is 0.271. The first-order valence-electron chi connectivity index (χ1n) is 9.87. The number of rotatable bonds is 4. The normalized spacial score (nSPS) is 11.3. The molecule has 5 heteroatoms. The van der Waals surface area contributed by atoms with Crippen LogP contribution in [0.15, 0.2) is 84.9 Å². The van der Waals surface area contributed by atoms with Gasteiger partial charge in [0.15, 0.2) is 0 Å². The van der Waals surface area contributed by atoms with E-state index >= 15 is 0 Å². The highest BCUT2D eigenvalue weighted by atomic mass is 35.5. The van der Waals surface area contributed by atoms with Crippen molar-refractivity contribution in [3.05, 3.63) is 107 Å². The minimum Gasteiger partial charge on any atom is -0.366 e. The Labute approximate surface area is 183 Å². The van der Waals surface area contributed by atoms with Crippen LogP contribution >= 0.6 is 11.6 Å². The number of nitrogens with two attached hydrogens (primary N) is 1. The second-order valence-corrected chi connectivity index (χ2v) is 7.87. The quantitative estimate of drug-likeness (QED) is 0.353. The first-order valence-corrected chi connectivity index (χ1v) is 10.3. The first-order chi connectivity index (χ1) is 15.0. The maximum absolute atomic E-state index is 14.7. The van der Waals surface area contributed by atoms with E-state index in [4.69, 9.17) is 17.3 Å². The highest BCUT2D eigenvalue weighted by molar-refractivity contribution is 6.30. The molecule has 5 rings (SSSR count). The first kappa shape index (κ1) is 19.3. The molecule has 2 N–H and O–H groups in total. The third-order valence-electron chi connectivity index (χ3n) is 5.62. The molecule has 0 fully saturated rings. The number of hydrogen-bond donors (Lipinski definition) is 1. The molecule has 0 radical (unpaired) electrons. The third-order valence-corrected chi connectivity index (χ3v) is 5.92. The van der Waals surface area contributed by atoms with E-state index in [1.165, 1.54) is 6.07 Å². The summed E-state index contributed by atoms with van der Waals surface area (Å²) in [7, 11) is 0. The van der Waals surface area contributed by atoms with Crippen LogP contribution in [0.25, 0.3) is 32.9 Å². The molecule has 0 aliphatic rings. The molecule has 5 aromatic rings. The molecule has 4 aromatic carbocycles. The van der Waals surface area contributed by atoms with Gasteiger partial charge >= 0.3 is 0 Å². The summed E-state index contributed by atoms with van der Waals surface area (Å²) < 4.78 is 16.7. The topological polar surface area (TPSA) is 48.0 Å². The van der Waals surface area contributed by atoms with Gasteiger partial charge in [0.05, 0.1) is 22.6 Å². The summed E-state index contributed by atoms with van der Waals surface area (Å²) in [5.74, 6) is -0.935. The molecule has 0 aliphatic heterocycles. The standard InChI is InChI=1S/C26H18ClFN2O/c27-21-10-4-8-18(25(21)28)15-30-22-11-5-9-20(26(29)31)24(22)19-13-12-17(14-23(19)30)16-6-2-1-3-7-16/h1-14H,15H2,(H2,29,31). The number of primary amides is 1. The number of aromatic nitrogens is 1. The van der Waals surface area contributed by atoms with Gasteiger partial charge in [0, 0.05) is 21.9 Å². The van der Waals surface area contributed by atoms with E-state index in [1.807, 2.05) is 53.1 Å². The van der Waals surface area contributed by atoms with Crippen molar-refractivity contribution in [1.29, 1.82) is 0 Å². The Morgan fingerprint density at radius 1 is 0.871 bits per heavy atom. The summed E-state index contributed by atoms with van der Waals surface area (Å²) in [6.07, 6.45) is 0. The molecular weight excluding hydrogens is 411 g/mol. The van der Waals surface area contributed by atoms with Crippen molar-refractivity contribution in [2.45, 2.75) is 6.54 Å². The smallest absolute Gasteiger partial charge is 0.249 e. The van der Waals surface area contributed by atoms with Crippen LogP contribution in [-0.2, 0) is 6.54 Å². The lowest BCUT2D eigenvalue weighted by Crippen LogP contribution is -2.11. The van der Waals surface area contributed by atoms with Crippen LogP contribution in [0.4, 0.5) is 4.39 Å². The average Bonchev–Trinajstić information content (AvgIpc) is 3.10. The summed E-state index contributed by atoms with van der Waals surface area (Å²) in [5.41, 5.74) is 10.4. The summed E-state index contributed by atoms with van der Waals surface area (Å²) >= 11 is 6.02. The predicted octanol–water partition coefficient (Wildman–Crippen LogP) is 6.40. The van der Waals surface area contributed by atoms with E-state index < -0.39 is 11.7 Å². The van der Waals surface area contributed by atoms with Gasteiger partial charge in [-0.15, -0.1) is 0 Å². The second-order valence-electron chi connectivity index (χ2n) is 7.46. The second kappa shape index (κ2) is 7.56. The number of amides is 1. The number of hydrogen-bond acceptors (Lipinski definition) is 1. The van der Waals surface area contributed by atoms with Gasteiger partial charge in [-0.3, -0.25) is 4.79 Å². The van der Waals surface area contributed by atoms with Crippen LogP contribution < -0.4 is 5.73 Å². The Morgan fingerprint density at radius 3 is 2.42 bits per heavy atom. The molecule has 0 saturated carbocycles. The SMILES string of the molecule is NC(=O)c1cccc2c1c1ccc(-c3ccccc3)cc1n2Cc1cccc(Cl)c1F. The van der Waals surface area contributed by atoms with Crippen LogP contribution in [0.2, 0.25) is 5.02 Å². The van der Waals surface area contributed by atoms with Crippen molar-refractivity contribution in [1.82, 2.24) is 4.57 Å². The zero-order valence-electron chi connectivity index (χ0n) is 16.5. The Balaban J connectivity index is 1.83. The summed E-state index contributed by atoms with van der Waals surface area (Å²) in [5, 5.41) is 1.75. The average molecular weight is 429 g/mol. The fourth-order valence-corrected chi connectivity index (χ4v) is 4.37.